The van der Waals surface area contributed by atoms with Gasteiger partial charge in [-0.05, 0) is 30.0 Å². The van der Waals surface area contributed by atoms with Gasteiger partial charge in [0, 0.05) is 18.8 Å². The molecule has 1 aromatic heterocycles. The van der Waals surface area contributed by atoms with E-state index in [1.54, 1.807) is 13.3 Å². The smallest absolute Gasteiger partial charge is 0.257 e. The predicted molar refractivity (Wildman–Crippen MR) is 62.8 cm³/mol. The second-order valence-electron chi connectivity index (χ2n) is 3.53. The first-order chi connectivity index (χ1) is 7.20. The van der Waals surface area contributed by atoms with Gasteiger partial charge >= 0.3 is 0 Å². The van der Waals surface area contributed by atoms with E-state index in [4.69, 9.17) is 0 Å². The maximum absolute atomic E-state index is 11.6. The Balaban J connectivity index is 2.76. The van der Waals surface area contributed by atoms with Gasteiger partial charge in [-0.25, -0.2) is 0 Å². The van der Waals surface area contributed by atoms with E-state index in [9.17, 15) is 4.79 Å². The quantitative estimate of drug-likeness (QED) is 0.702. The maximum atomic E-state index is 11.6. The number of nitrogens with one attached hydrogen (secondary N) is 1. The molecule has 3 nitrogen and oxygen atoms in total. The molecule has 1 heterocycles. The minimum Gasteiger partial charge on any atom is -0.321 e. The van der Waals surface area contributed by atoms with E-state index in [1.807, 2.05) is 31.2 Å². The van der Waals surface area contributed by atoms with Crippen LogP contribution in [0.25, 0.3) is 10.9 Å². The van der Waals surface area contributed by atoms with E-state index >= 15 is 0 Å². The minimum atomic E-state index is -0.0984. The largest absolute Gasteiger partial charge is 0.321 e. The molecular formula is C12H12N2O. The first-order valence-electron chi connectivity index (χ1n) is 4.76. The van der Waals surface area contributed by atoms with E-state index in [1.165, 1.54) is 0 Å². The van der Waals surface area contributed by atoms with Gasteiger partial charge in [-0.15, -0.1) is 0 Å². The van der Waals surface area contributed by atoms with Gasteiger partial charge in [0.25, 0.3) is 5.56 Å². The second-order valence-corrected chi connectivity index (χ2v) is 3.53. The molecule has 0 aliphatic heterocycles. The fourth-order valence-electron chi connectivity index (χ4n) is 1.57. The predicted octanol–water partition coefficient (Wildman–Crippen LogP) is 1.89. The van der Waals surface area contributed by atoms with Crippen LogP contribution in [0, 0.1) is 6.92 Å². The first kappa shape index (κ1) is 9.65. The highest BCUT2D eigenvalue weighted by Gasteiger charge is 2.00. The van der Waals surface area contributed by atoms with Crippen LogP contribution in [0.1, 0.15) is 11.1 Å². The van der Waals surface area contributed by atoms with Gasteiger partial charge in [-0.3, -0.25) is 9.79 Å². The zero-order valence-electron chi connectivity index (χ0n) is 8.74. The molecule has 3 heteroatoms. The van der Waals surface area contributed by atoms with Crippen molar-refractivity contribution in [3.8, 4) is 0 Å². The number of hydrogen-bond acceptors (Lipinski definition) is 2. The fraction of sp³-hybridized carbons (Fsp3) is 0.167. The third-order valence-electron chi connectivity index (χ3n) is 2.30. The Morgan fingerprint density at radius 2 is 2.13 bits per heavy atom. The Labute approximate surface area is 87.5 Å². The summed E-state index contributed by atoms with van der Waals surface area (Å²) in [4.78, 5) is 18.3. The highest BCUT2D eigenvalue weighted by Crippen LogP contribution is 2.12. The summed E-state index contributed by atoms with van der Waals surface area (Å²) in [5.41, 5.74) is 2.50. The van der Waals surface area contributed by atoms with Crippen molar-refractivity contribution in [1.29, 1.82) is 0 Å². The highest BCUT2D eigenvalue weighted by molar-refractivity contribution is 5.87. The summed E-state index contributed by atoms with van der Waals surface area (Å²) in [6.45, 7) is 2.00. The van der Waals surface area contributed by atoms with Crippen LogP contribution in [-0.4, -0.2) is 18.2 Å². The van der Waals surface area contributed by atoms with Crippen LogP contribution in [0.3, 0.4) is 0 Å². The van der Waals surface area contributed by atoms with Crippen molar-refractivity contribution in [3.05, 3.63) is 45.7 Å². The van der Waals surface area contributed by atoms with Gasteiger partial charge < -0.3 is 4.98 Å². The number of nitrogens with zero attached hydrogens (tertiary/aromatic N) is 1. The lowest BCUT2D eigenvalue weighted by Crippen LogP contribution is -2.11. The number of rotatable bonds is 1. The Morgan fingerprint density at radius 1 is 1.33 bits per heavy atom. The van der Waals surface area contributed by atoms with E-state index in [-0.39, 0.29) is 5.56 Å². The molecule has 0 fully saturated rings. The van der Waals surface area contributed by atoms with Crippen LogP contribution in [0.2, 0.25) is 0 Å². The Hall–Kier alpha value is -1.90. The molecule has 0 atom stereocenters. The molecular weight excluding hydrogens is 188 g/mol. The monoisotopic (exact) mass is 200 g/mol. The van der Waals surface area contributed by atoms with Gasteiger partial charge in [0.2, 0.25) is 0 Å². The second kappa shape index (κ2) is 3.69. The number of aromatic nitrogens is 1. The zero-order valence-corrected chi connectivity index (χ0v) is 8.74. The standard InChI is InChI=1S/C12H12N2O/c1-8-3-4-9-6-10(7-13-2)12(15)14-11(9)5-8/h3-7H,1-2H3,(H,14,15). The van der Waals surface area contributed by atoms with Crippen LogP contribution in [0.5, 0.6) is 0 Å². The van der Waals surface area contributed by atoms with Gasteiger partial charge in [0.1, 0.15) is 0 Å². The average Bonchev–Trinajstić information content (AvgIpc) is 2.20. The van der Waals surface area contributed by atoms with E-state index in [0.29, 0.717) is 5.56 Å². The topological polar surface area (TPSA) is 45.2 Å². The summed E-state index contributed by atoms with van der Waals surface area (Å²) in [5, 5.41) is 1.02. The molecule has 1 N–H and O–H groups in total. The molecule has 1 aromatic carbocycles. The number of H-pyrrole nitrogens is 1. The van der Waals surface area contributed by atoms with Crippen LogP contribution >= 0.6 is 0 Å². The molecule has 76 valence electrons. The Kier molecular flexibility index (Phi) is 2.37. The molecule has 2 rings (SSSR count). The summed E-state index contributed by atoms with van der Waals surface area (Å²) >= 11 is 0. The third-order valence-corrected chi connectivity index (χ3v) is 2.30. The number of aryl methyl sites for hydroxylation is 1. The van der Waals surface area contributed by atoms with Crippen LogP contribution in [0.4, 0.5) is 0 Å². The highest BCUT2D eigenvalue weighted by atomic mass is 16.1. The van der Waals surface area contributed by atoms with Crippen LogP contribution < -0.4 is 5.56 Å². The van der Waals surface area contributed by atoms with Crippen molar-refractivity contribution in [1.82, 2.24) is 4.98 Å². The van der Waals surface area contributed by atoms with E-state index in [2.05, 4.69) is 9.98 Å². The molecule has 0 saturated carbocycles. The van der Waals surface area contributed by atoms with Gasteiger partial charge in [0.15, 0.2) is 0 Å². The zero-order chi connectivity index (χ0) is 10.8. The third kappa shape index (κ3) is 1.81. The lowest BCUT2D eigenvalue weighted by Gasteiger charge is -2.00. The molecule has 0 aliphatic carbocycles. The Morgan fingerprint density at radius 3 is 2.87 bits per heavy atom. The van der Waals surface area contributed by atoms with Gasteiger partial charge in [-0.1, -0.05) is 12.1 Å². The molecule has 15 heavy (non-hydrogen) atoms. The van der Waals surface area contributed by atoms with Gasteiger partial charge in [-0.2, -0.15) is 0 Å². The lowest BCUT2D eigenvalue weighted by atomic mass is 10.1. The average molecular weight is 200 g/mol. The molecule has 0 aliphatic rings. The number of hydrogen-bond donors (Lipinski definition) is 1. The first-order valence-corrected chi connectivity index (χ1v) is 4.76. The number of aliphatic imine (C=N–C) groups is 1. The molecule has 0 amide bonds. The Bertz CT molecular complexity index is 582. The molecule has 0 saturated heterocycles. The summed E-state index contributed by atoms with van der Waals surface area (Å²) in [7, 11) is 1.65. The molecule has 0 radical (unpaired) electrons. The van der Waals surface area contributed by atoms with E-state index < -0.39 is 0 Å². The number of fused-ring (bicyclic) bond motifs is 1. The van der Waals surface area contributed by atoms with Gasteiger partial charge in [0.05, 0.1) is 5.56 Å². The number of benzene rings is 1. The summed E-state index contributed by atoms with van der Waals surface area (Å²) in [6, 6.07) is 7.82. The van der Waals surface area contributed by atoms with Crippen LogP contribution in [-0.2, 0) is 0 Å². The normalized spacial score (nSPS) is 11.3. The minimum absolute atomic E-state index is 0.0984. The number of aromatic amines is 1. The van der Waals surface area contributed by atoms with Crippen molar-refractivity contribution < 1.29 is 0 Å². The van der Waals surface area contributed by atoms with Crippen LogP contribution in [0.15, 0.2) is 34.1 Å². The number of pyridine rings is 1. The van der Waals surface area contributed by atoms with Crippen molar-refractivity contribution in [2.24, 2.45) is 4.99 Å². The SMILES string of the molecule is CN=Cc1cc2ccc(C)cc2[nH]c1=O. The summed E-state index contributed by atoms with van der Waals surface area (Å²) < 4.78 is 0. The van der Waals surface area contributed by atoms with Crippen molar-refractivity contribution in [2.75, 3.05) is 7.05 Å². The molecule has 0 unspecified atom stereocenters. The lowest BCUT2D eigenvalue weighted by molar-refractivity contribution is 1.28. The molecule has 0 spiro atoms. The van der Waals surface area contributed by atoms with Crippen molar-refractivity contribution >= 4 is 17.1 Å². The fourth-order valence-corrected chi connectivity index (χ4v) is 1.57. The van der Waals surface area contributed by atoms with E-state index in [0.717, 1.165) is 16.5 Å². The molecule has 2 aromatic rings. The van der Waals surface area contributed by atoms with Crippen molar-refractivity contribution in [2.45, 2.75) is 6.92 Å². The summed E-state index contributed by atoms with van der Waals surface area (Å²) in [5.74, 6) is 0. The van der Waals surface area contributed by atoms with Crippen molar-refractivity contribution in [3.63, 3.8) is 0 Å². The maximum Gasteiger partial charge on any atom is 0.257 e. The summed E-state index contributed by atoms with van der Waals surface area (Å²) in [6.07, 6.45) is 1.57. The molecule has 0 bridgehead atoms.